The standard InChI is InChI=1S/C11H16OSi/c1-13(2,3)9-11-6-4-10(8-12)5-7-11/h4-8H,9H2,1-3H3. The maximum atomic E-state index is 10.4. The number of carbonyl (C=O) groups excluding carboxylic acids is 1. The first-order valence-electron chi connectivity index (χ1n) is 4.55. The first-order valence-corrected chi connectivity index (χ1v) is 8.26. The summed E-state index contributed by atoms with van der Waals surface area (Å²) >= 11 is 0. The Balaban J connectivity index is 2.75. The molecule has 70 valence electrons. The van der Waals surface area contributed by atoms with E-state index < -0.39 is 8.07 Å². The van der Waals surface area contributed by atoms with Crippen LogP contribution >= 0.6 is 0 Å². The van der Waals surface area contributed by atoms with Gasteiger partial charge in [0.2, 0.25) is 0 Å². The zero-order valence-corrected chi connectivity index (χ0v) is 9.50. The Labute approximate surface area is 80.8 Å². The highest BCUT2D eigenvalue weighted by molar-refractivity contribution is 6.75. The molecule has 0 spiro atoms. The van der Waals surface area contributed by atoms with Crippen LogP contribution in [0.1, 0.15) is 15.9 Å². The summed E-state index contributed by atoms with van der Waals surface area (Å²) in [7, 11) is -1.01. The van der Waals surface area contributed by atoms with E-state index in [9.17, 15) is 4.79 Å². The molecule has 2 heteroatoms. The fraction of sp³-hybridized carbons (Fsp3) is 0.364. The molecule has 0 unspecified atom stereocenters. The third-order valence-electron chi connectivity index (χ3n) is 1.85. The third-order valence-corrected chi connectivity index (χ3v) is 3.32. The normalized spacial score (nSPS) is 11.3. The highest BCUT2D eigenvalue weighted by atomic mass is 28.3. The van der Waals surface area contributed by atoms with Gasteiger partial charge in [0.1, 0.15) is 6.29 Å². The van der Waals surface area contributed by atoms with Gasteiger partial charge in [-0.25, -0.2) is 0 Å². The van der Waals surface area contributed by atoms with E-state index in [2.05, 4.69) is 31.8 Å². The van der Waals surface area contributed by atoms with Crippen molar-refractivity contribution in [3.8, 4) is 0 Å². The maximum Gasteiger partial charge on any atom is 0.150 e. The molecule has 0 aromatic heterocycles. The topological polar surface area (TPSA) is 17.1 Å². The molecule has 0 saturated heterocycles. The van der Waals surface area contributed by atoms with Gasteiger partial charge in [-0.05, 0) is 6.04 Å². The van der Waals surface area contributed by atoms with E-state index in [1.54, 1.807) is 0 Å². The zero-order valence-electron chi connectivity index (χ0n) is 8.50. The average molecular weight is 192 g/mol. The lowest BCUT2D eigenvalue weighted by Gasteiger charge is -2.15. The summed E-state index contributed by atoms with van der Waals surface area (Å²) in [6.07, 6.45) is 0.887. The SMILES string of the molecule is C[Si](C)(C)Cc1ccc(C=O)cc1. The molecule has 0 N–H and O–H groups in total. The fourth-order valence-electron chi connectivity index (χ4n) is 1.33. The van der Waals surface area contributed by atoms with Gasteiger partial charge in [0.05, 0.1) is 0 Å². The molecule has 0 bridgehead atoms. The Morgan fingerprint density at radius 3 is 2.08 bits per heavy atom. The van der Waals surface area contributed by atoms with Crippen LogP contribution in [0.15, 0.2) is 24.3 Å². The monoisotopic (exact) mass is 192 g/mol. The van der Waals surface area contributed by atoms with Crippen molar-refractivity contribution in [1.82, 2.24) is 0 Å². The third kappa shape index (κ3) is 3.55. The quantitative estimate of drug-likeness (QED) is 0.531. The molecule has 1 aromatic carbocycles. The second kappa shape index (κ2) is 3.88. The van der Waals surface area contributed by atoms with Gasteiger partial charge in [-0.15, -0.1) is 0 Å². The van der Waals surface area contributed by atoms with E-state index in [4.69, 9.17) is 0 Å². The van der Waals surface area contributed by atoms with Gasteiger partial charge >= 0.3 is 0 Å². The van der Waals surface area contributed by atoms with Gasteiger partial charge < -0.3 is 0 Å². The summed E-state index contributed by atoms with van der Waals surface area (Å²) in [5.41, 5.74) is 2.11. The molecule has 13 heavy (non-hydrogen) atoms. The molecule has 0 atom stereocenters. The lowest BCUT2D eigenvalue weighted by Crippen LogP contribution is -2.23. The molecule has 0 radical (unpaired) electrons. The molecule has 0 aliphatic carbocycles. The second-order valence-corrected chi connectivity index (χ2v) is 10.1. The number of hydrogen-bond acceptors (Lipinski definition) is 1. The molecule has 0 saturated carbocycles. The minimum absolute atomic E-state index is 0.763. The summed E-state index contributed by atoms with van der Waals surface area (Å²) in [5.74, 6) is 0. The molecule has 0 aliphatic heterocycles. The molecule has 0 fully saturated rings. The van der Waals surface area contributed by atoms with Gasteiger partial charge in [-0.2, -0.15) is 0 Å². The van der Waals surface area contributed by atoms with Crippen LogP contribution in [0.5, 0.6) is 0 Å². The predicted molar refractivity (Wildman–Crippen MR) is 58.9 cm³/mol. The number of carbonyl (C=O) groups is 1. The molecule has 0 amide bonds. The van der Waals surface area contributed by atoms with Crippen LogP contribution in [0.25, 0.3) is 0 Å². The van der Waals surface area contributed by atoms with Crippen molar-refractivity contribution in [2.75, 3.05) is 0 Å². The van der Waals surface area contributed by atoms with E-state index in [0.717, 1.165) is 11.8 Å². The van der Waals surface area contributed by atoms with Crippen molar-refractivity contribution in [1.29, 1.82) is 0 Å². The molecular formula is C11H16OSi. The molecule has 0 aliphatic rings. The number of aldehydes is 1. The lowest BCUT2D eigenvalue weighted by atomic mass is 10.2. The van der Waals surface area contributed by atoms with Crippen molar-refractivity contribution in [2.45, 2.75) is 25.7 Å². The van der Waals surface area contributed by atoms with Crippen molar-refractivity contribution >= 4 is 14.4 Å². The van der Waals surface area contributed by atoms with E-state index in [1.165, 1.54) is 11.6 Å². The molecule has 0 heterocycles. The molecular weight excluding hydrogens is 176 g/mol. The van der Waals surface area contributed by atoms with Crippen LogP contribution in [0, 0.1) is 0 Å². The number of rotatable bonds is 3. The summed E-state index contributed by atoms with van der Waals surface area (Å²) < 4.78 is 0. The van der Waals surface area contributed by atoms with E-state index in [-0.39, 0.29) is 0 Å². The molecule has 1 nitrogen and oxygen atoms in total. The average Bonchev–Trinajstić information content (AvgIpc) is 2.03. The van der Waals surface area contributed by atoms with E-state index in [0.29, 0.717) is 0 Å². The molecule has 1 aromatic rings. The molecule has 1 rings (SSSR count). The van der Waals surface area contributed by atoms with Crippen LogP contribution in [0.2, 0.25) is 19.6 Å². The highest BCUT2D eigenvalue weighted by Gasteiger charge is 2.13. The largest absolute Gasteiger partial charge is 0.298 e. The van der Waals surface area contributed by atoms with Crippen LogP contribution < -0.4 is 0 Å². The minimum atomic E-state index is -1.01. The Bertz CT molecular complexity index is 282. The van der Waals surface area contributed by atoms with Crippen LogP contribution in [-0.4, -0.2) is 14.4 Å². The Kier molecular flexibility index (Phi) is 3.04. The highest BCUT2D eigenvalue weighted by Crippen LogP contribution is 2.11. The van der Waals surface area contributed by atoms with E-state index >= 15 is 0 Å². The summed E-state index contributed by atoms with van der Waals surface area (Å²) in [6.45, 7) is 7.04. The first-order chi connectivity index (χ1) is 6.01. The zero-order chi connectivity index (χ0) is 9.90. The summed E-state index contributed by atoms with van der Waals surface area (Å²) in [6, 6.07) is 9.08. The smallest absolute Gasteiger partial charge is 0.150 e. The number of benzene rings is 1. The summed E-state index contributed by atoms with van der Waals surface area (Å²) in [5, 5.41) is 0. The van der Waals surface area contributed by atoms with Crippen LogP contribution in [0.4, 0.5) is 0 Å². The minimum Gasteiger partial charge on any atom is -0.298 e. The van der Waals surface area contributed by atoms with Crippen molar-refractivity contribution in [2.24, 2.45) is 0 Å². The van der Waals surface area contributed by atoms with Gasteiger partial charge in [0, 0.05) is 13.6 Å². The van der Waals surface area contributed by atoms with Crippen molar-refractivity contribution in [3.05, 3.63) is 35.4 Å². The van der Waals surface area contributed by atoms with Crippen molar-refractivity contribution in [3.63, 3.8) is 0 Å². The Morgan fingerprint density at radius 2 is 1.69 bits per heavy atom. The maximum absolute atomic E-state index is 10.4. The van der Waals surface area contributed by atoms with Gasteiger partial charge in [-0.1, -0.05) is 49.5 Å². The lowest BCUT2D eigenvalue weighted by molar-refractivity contribution is 0.112. The van der Waals surface area contributed by atoms with Crippen LogP contribution in [-0.2, 0) is 6.04 Å². The van der Waals surface area contributed by atoms with Crippen molar-refractivity contribution < 1.29 is 4.79 Å². The first kappa shape index (κ1) is 10.2. The van der Waals surface area contributed by atoms with Gasteiger partial charge in [-0.3, -0.25) is 4.79 Å². The predicted octanol–water partition coefficient (Wildman–Crippen LogP) is 2.92. The van der Waals surface area contributed by atoms with Gasteiger partial charge in [0.25, 0.3) is 0 Å². The second-order valence-electron chi connectivity index (χ2n) is 4.60. The number of hydrogen-bond donors (Lipinski definition) is 0. The summed E-state index contributed by atoms with van der Waals surface area (Å²) in [4.78, 5) is 10.4. The fourth-order valence-corrected chi connectivity index (χ4v) is 2.79. The van der Waals surface area contributed by atoms with E-state index in [1.807, 2.05) is 12.1 Å². The Morgan fingerprint density at radius 1 is 1.15 bits per heavy atom. The Hall–Kier alpha value is -0.893. The van der Waals surface area contributed by atoms with Gasteiger partial charge in [0.15, 0.2) is 0 Å². The van der Waals surface area contributed by atoms with Crippen LogP contribution in [0.3, 0.4) is 0 Å².